The highest BCUT2D eigenvalue weighted by Crippen LogP contribution is 2.56. The summed E-state index contributed by atoms with van der Waals surface area (Å²) >= 11 is 0. The standard InChI is InChI=1S/C20H21NO2.C20H21N/c1-19(2)12-20(3,4)17(16(19)11-23)14-8-7-13-6-5-9-21-18(13)15(14)10-22;1-19(2)12-20(3,4)17-14-8-7-13-6-5-11-21-18(13)15(14)9-10-16(17)19/h5-11H,12H2,1-4H3;5-11H,12H2,1-4H3. The number of fused-ring (bicyclic) bond motifs is 6. The molecule has 2 heterocycles. The van der Waals surface area contributed by atoms with E-state index in [1.165, 1.54) is 33.7 Å². The number of benzene rings is 3. The zero-order valence-corrected chi connectivity index (χ0v) is 27.2. The summed E-state index contributed by atoms with van der Waals surface area (Å²) in [7, 11) is 0. The number of carbonyl (C=O) groups is 2. The van der Waals surface area contributed by atoms with Gasteiger partial charge < -0.3 is 0 Å². The SMILES string of the molecule is CC1(C)CC(C)(C)C(c2ccc3cccnc3c2C=O)=C1C=O.CC1(C)CC(C)(C)c2c1ccc1c2ccc2cccnc21. The van der Waals surface area contributed by atoms with E-state index >= 15 is 0 Å². The van der Waals surface area contributed by atoms with Crippen molar-refractivity contribution in [2.75, 3.05) is 0 Å². The van der Waals surface area contributed by atoms with Crippen LogP contribution in [0.25, 0.3) is 38.2 Å². The summed E-state index contributed by atoms with van der Waals surface area (Å²) in [5.41, 5.74) is 8.15. The van der Waals surface area contributed by atoms with Crippen LogP contribution in [0.5, 0.6) is 0 Å². The van der Waals surface area contributed by atoms with Crippen LogP contribution in [0.1, 0.15) is 95.3 Å². The molecule has 224 valence electrons. The summed E-state index contributed by atoms with van der Waals surface area (Å²) in [5, 5.41) is 4.83. The Morgan fingerprint density at radius 1 is 0.591 bits per heavy atom. The minimum Gasteiger partial charge on any atom is -0.298 e. The van der Waals surface area contributed by atoms with E-state index < -0.39 is 0 Å². The number of carbonyl (C=O) groups excluding carboxylic acids is 2. The molecule has 0 spiro atoms. The summed E-state index contributed by atoms with van der Waals surface area (Å²) in [6.07, 6.45) is 7.49. The fourth-order valence-electron chi connectivity index (χ4n) is 8.76. The fraction of sp³-hybridized carbons (Fsp3) is 0.350. The van der Waals surface area contributed by atoms with E-state index in [2.05, 4.69) is 95.7 Å². The summed E-state index contributed by atoms with van der Waals surface area (Å²) in [6, 6.07) is 21.0. The minimum absolute atomic E-state index is 0.167. The molecule has 5 aromatic rings. The number of aromatic nitrogens is 2. The average molecular weight is 583 g/mol. The zero-order chi connectivity index (χ0) is 31.7. The number of rotatable bonds is 3. The molecule has 3 aromatic carbocycles. The molecule has 44 heavy (non-hydrogen) atoms. The van der Waals surface area contributed by atoms with Gasteiger partial charge in [0.25, 0.3) is 0 Å². The van der Waals surface area contributed by atoms with Gasteiger partial charge in [0.1, 0.15) is 6.29 Å². The summed E-state index contributed by atoms with van der Waals surface area (Å²) < 4.78 is 0. The molecule has 0 N–H and O–H groups in total. The topological polar surface area (TPSA) is 59.9 Å². The van der Waals surface area contributed by atoms with E-state index in [4.69, 9.17) is 0 Å². The van der Waals surface area contributed by atoms with Gasteiger partial charge in [-0.15, -0.1) is 0 Å². The van der Waals surface area contributed by atoms with E-state index in [-0.39, 0.29) is 21.7 Å². The second kappa shape index (κ2) is 10.2. The van der Waals surface area contributed by atoms with Crippen molar-refractivity contribution in [2.45, 2.75) is 79.1 Å². The highest BCUT2D eigenvalue weighted by atomic mass is 16.1. The van der Waals surface area contributed by atoms with Crippen LogP contribution < -0.4 is 0 Å². The quantitative estimate of drug-likeness (QED) is 0.157. The number of pyridine rings is 2. The number of aldehydes is 2. The molecule has 0 aliphatic heterocycles. The molecular weight excluding hydrogens is 540 g/mol. The lowest BCUT2D eigenvalue weighted by Gasteiger charge is -2.26. The van der Waals surface area contributed by atoms with Crippen LogP contribution in [0.4, 0.5) is 0 Å². The van der Waals surface area contributed by atoms with Crippen molar-refractivity contribution in [1.82, 2.24) is 9.97 Å². The Bertz CT molecular complexity index is 2010. The van der Waals surface area contributed by atoms with Crippen molar-refractivity contribution < 1.29 is 9.59 Å². The highest BCUT2D eigenvalue weighted by molar-refractivity contribution is 6.07. The van der Waals surface area contributed by atoms with Gasteiger partial charge in [-0.3, -0.25) is 19.6 Å². The Morgan fingerprint density at radius 3 is 1.84 bits per heavy atom. The van der Waals surface area contributed by atoms with Gasteiger partial charge in [0.15, 0.2) is 6.29 Å². The predicted octanol–water partition coefficient (Wildman–Crippen LogP) is 9.80. The first-order chi connectivity index (χ1) is 20.7. The van der Waals surface area contributed by atoms with Crippen LogP contribution in [0.15, 0.2) is 78.6 Å². The fourth-order valence-corrected chi connectivity index (χ4v) is 8.76. The van der Waals surface area contributed by atoms with Crippen LogP contribution >= 0.6 is 0 Å². The molecule has 0 saturated carbocycles. The summed E-state index contributed by atoms with van der Waals surface area (Å²) in [4.78, 5) is 32.6. The van der Waals surface area contributed by atoms with Crippen molar-refractivity contribution in [3.63, 3.8) is 0 Å². The number of hydrogen-bond donors (Lipinski definition) is 0. The molecular formula is C40H42N2O2. The number of allylic oxidation sites excluding steroid dienone is 2. The van der Waals surface area contributed by atoms with E-state index in [0.717, 1.165) is 46.6 Å². The Labute approximate surface area is 260 Å². The molecule has 4 nitrogen and oxygen atoms in total. The third-order valence-corrected chi connectivity index (χ3v) is 9.94. The monoisotopic (exact) mass is 582 g/mol. The van der Waals surface area contributed by atoms with Crippen molar-refractivity contribution >= 4 is 50.7 Å². The lowest BCUT2D eigenvalue weighted by atomic mass is 9.78. The molecule has 0 atom stereocenters. The Morgan fingerprint density at radius 2 is 1.18 bits per heavy atom. The van der Waals surface area contributed by atoms with E-state index in [1.54, 1.807) is 6.20 Å². The minimum atomic E-state index is -0.195. The smallest absolute Gasteiger partial charge is 0.152 e. The summed E-state index contributed by atoms with van der Waals surface area (Å²) in [6.45, 7) is 17.9. The second-order valence-electron chi connectivity index (χ2n) is 15.2. The van der Waals surface area contributed by atoms with Gasteiger partial charge in [0, 0.05) is 39.7 Å². The Kier molecular flexibility index (Phi) is 6.92. The van der Waals surface area contributed by atoms with E-state index in [1.807, 2.05) is 36.5 Å². The lowest BCUT2D eigenvalue weighted by Crippen LogP contribution is -2.18. The molecule has 2 aromatic heterocycles. The third kappa shape index (κ3) is 4.67. The predicted molar refractivity (Wildman–Crippen MR) is 182 cm³/mol. The molecule has 0 bridgehead atoms. The van der Waals surface area contributed by atoms with Gasteiger partial charge in [0.05, 0.1) is 11.0 Å². The zero-order valence-electron chi connectivity index (χ0n) is 27.2. The van der Waals surface area contributed by atoms with Crippen LogP contribution in [-0.4, -0.2) is 22.5 Å². The van der Waals surface area contributed by atoms with Gasteiger partial charge in [-0.25, -0.2) is 0 Å². The van der Waals surface area contributed by atoms with Crippen molar-refractivity contribution in [2.24, 2.45) is 10.8 Å². The summed E-state index contributed by atoms with van der Waals surface area (Å²) in [5.74, 6) is 0. The van der Waals surface area contributed by atoms with Crippen LogP contribution in [0.2, 0.25) is 0 Å². The first-order valence-corrected chi connectivity index (χ1v) is 15.6. The maximum Gasteiger partial charge on any atom is 0.152 e. The average Bonchev–Trinajstić information content (AvgIpc) is 3.30. The largest absolute Gasteiger partial charge is 0.298 e. The molecule has 4 heteroatoms. The maximum absolute atomic E-state index is 11.8. The molecule has 7 rings (SSSR count). The van der Waals surface area contributed by atoms with Crippen molar-refractivity contribution in [1.29, 1.82) is 0 Å². The van der Waals surface area contributed by atoms with Gasteiger partial charge in [0.2, 0.25) is 0 Å². The normalized spacial score (nSPS) is 19.1. The molecule has 0 radical (unpaired) electrons. The molecule has 0 fully saturated rings. The van der Waals surface area contributed by atoms with Gasteiger partial charge in [-0.05, 0) is 74.3 Å². The maximum atomic E-state index is 11.8. The molecule has 0 amide bonds. The van der Waals surface area contributed by atoms with E-state index in [9.17, 15) is 9.59 Å². The molecule has 0 unspecified atom stereocenters. The Hall–Kier alpha value is -4.18. The van der Waals surface area contributed by atoms with E-state index in [0.29, 0.717) is 11.1 Å². The van der Waals surface area contributed by atoms with Crippen LogP contribution in [0, 0.1) is 10.8 Å². The van der Waals surface area contributed by atoms with Crippen molar-refractivity contribution in [3.05, 3.63) is 101 Å². The second-order valence-corrected chi connectivity index (χ2v) is 15.2. The Balaban J connectivity index is 0.000000156. The lowest BCUT2D eigenvalue weighted by molar-refractivity contribution is -0.105. The molecule has 2 aliphatic carbocycles. The van der Waals surface area contributed by atoms with Crippen LogP contribution in [0.3, 0.4) is 0 Å². The van der Waals surface area contributed by atoms with Crippen LogP contribution in [-0.2, 0) is 15.6 Å². The molecule has 0 saturated heterocycles. The first-order valence-electron chi connectivity index (χ1n) is 15.6. The number of hydrogen-bond acceptors (Lipinski definition) is 4. The van der Waals surface area contributed by atoms with Gasteiger partial charge >= 0.3 is 0 Å². The highest BCUT2D eigenvalue weighted by Gasteiger charge is 2.45. The number of nitrogens with zero attached hydrogens (tertiary/aromatic N) is 2. The first kappa shape index (κ1) is 29.9. The van der Waals surface area contributed by atoms with Gasteiger partial charge in [-0.1, -0.05) is 104 Å². The molecule has 2 aliphatic rings. The third-order valence-electron chi connectivity index (χ3n) is 9.94. The van der Waals surface area contributed by atoms with Crippen molar-refractivity contribution in [3.8, 4) is 0 Å². The van der Waals surface area contributed by atoms with Gasteiger partial charge in [-0.2, -0.15) is 0 Å².